The average molecular weight is 336 g/mol. The van der Waals surface area contributed by atoms with Crippen molar-refractivity contribution in [2.45, 2.75) is 6.18 Å². The van der Waals surface area contributed by atoms with Crippen LogP contribution in [0.4, 0.5) is 17.6 Å². The summed E-state index contributed by atoms with van der Waals surface area (Å²) < 4.78 is 55.7. The van der Waals surface area contributed by atoms with Gasteiger partial charge in [-0.15, -0.1) is 0 Å². The first-order chi connectivity index (χ1) is 8.86. The third kappa shape index (κ3) is 3.44. The maximum Gasteiger partial charge on any atom is 0.416 e. The number of hydrogen-bond donors (Lipinski definition) is 0. The zero-order valence-corrected chi connectivity index (χ0v) is 10.8. The van der Waals surface area contributed by atoms with Gasteiger partial charge in [0.05, 0.1) is 10.0 Å². The lowest BCUT2D eigenvalue weighted by atomic mass is 10.2. The van der Waals surface area contributed by atoms with E-state index in [1.807, 2.05) is 0 Å². The third-order valence-corrected chi connectivity index (χ3v) is 2.78. The molecule has 0 amide bonds. The van der Waals surface area contributed by atoms with Gasteiger partial charge in [-0.05, 0) is 40.2 Å². The van der Waals surface area contributed by atoms with Crippen LogP contribution in [0, 0.1) is 5.82 Å². The topological polar surface area (TPSA) is 22.1 Å². The van der Waals surface area contributed by atoms with Crippen LogP contribution in [-0.2, 0) is 6.18 Å². The van der Waals surface area contributed by atoms with Gasteiger partial charge in [0.15, 0.2) is 0 Å². The first kappa shape index (κ1) is 13.8. The van der Waals surface area contributed by atoms with Gasteiger partial charge in [-0.1, -0.05) is 0 Å². The summed E-state index contributed by atoms with van der Waals surface area (Å²) in [6.07, 6.45) is -3.47. The summed E-state index contributed by atoms with van der Waals surface area (Å²) in [6, 6.07) is 5.34. The summed E-state index contributed by atoms with van der Waals surface area (Å²) in [5.74, 6) is -0.530. The minimum Gasteiger partial charge on any atom is -0.439 e. The molecule has 0 bridgehead atoms. The number of nitrogens with zero attached hydrogens (tertiary/aromatic N) is 1. The highest BCUT2D eigenvalue weighted by atomic mass is 79.9. The van der Waals surface area contributed by atoms with E-state index in [2.05, 4.69) is 20.9 Å². The van der Waals surface area contributed by atoms with Crippen LogP contribution in [0.25, 0.3) is 0 Å². The van der Waals surface area contributed by atoms with Crippen molar-refractivity contribution >= 4 is 15.9 Å². The summed E-state index contributed by atoms with van der Waals surface area (Å²) in [5.41, 5.74) is -0.862. The number of halogens is 5. The minimum absolute atomic E-state index is 0.150. The highest BCUT2D eigenvalue weighted by Crippen LogP contribution is 2.32. The monoisotopic (exact) mass is 335 g/mol. The Balaban J connectivity index is 2.26. The first-order valence-corrected chi connectivity index (χ1v) is 5.82. The molecule has 100 valence electrons. The molecule has 0 spiro atoms. The van der Waals surface area contributed by atoms with E-state index >= 15 is 0 Å². The van der Waals surface area contributed by atoms with Gasteiger partial charge in [0.2, 0.25) is 5.88 Å². The van der Waals surface area contributed by atoms with Gasteiger partial charge in [-0.3, -0.25) is 0 Å². The molecule has 2 rings (SSSR count). The lowest BCUT2D eigenvalue weighted by Gasteiger charge is -2.09. The normalized spacial score (nSPS) is 11.4. The predicted molar refractivity (Wildman–Crippen MR) is 63.4 cm³/mol. The van der Waals surface area contributed by atoms with Crippen LogP contribution in [0.2, 0.25) is 0 Å². The molecule has 0 unspecified atom stereocenters. The lowest BCUT2D eigenvalue weighted by Crippen LogP contribution is -2.05. The molecule has 0 N–H and O–H groups in total. The fraction of sp³-hybridized carbons (Fsp3) is 0.0833. The van der Waals surface area contributed by atoms with Gasteiger partial charge in [-0.2, -0.15) is 13.2 Å². The molecule has 7 heteroatoms. The quantitative estimate of drug-likeness (QED) is 0.736. The molecule has 2 aromatic rings. The van der Waals surface area contributed by atoms with E-state index < -0.39 is 17.6 Å². The van der Waals surface area contributed by atoms with E-state index in [9.17, 15) is 17.6 Å². The molecule has 1 heterocycles. The molecule has 0 saturated carbocycles. The smallest absolute Gasteiger partial charge is 0.416 e. The summed E-state index contributed by atoms with van der Waals surface area (Å²) in [4.78, 5) is 3.67. The van der Waals surface area contributed by atoms with Gasteiger partial charge in [0.25, 0.3) is 0 Å². The molecule has 1 aromatic heterocycles. The van der Waals surface area contributed by atoms with E-state index in [0.717, 1.165) is 24.4 Å². The van der Waals surface area contributed by atoms with Gasteiger partial charge >= 0.3 is 6.18 Å². The number of pyridine rings is 1. The predicted octanol–water partition coefficient (Wildman–Crippen LogP) is 4.79. The summed E-state index contributed by atoms with van der Waals surface area (Å²) in [7, 11) is 0. The fourth-order valence-corrected chi connectivity index (χ4v) is 1.66. The Labute approximate surface area is 114 Å². The van der Waals surface area contributed by atoms with Crippen molar-refractivity contribution < 1.29 is 22.3 Å². The maximum atomic E-state index is 13.0. The molecule has 0 aliphatic carbocycles. The lowest BCUT2D eigenvalue weighted by molar-refractivity contribution is -0.137. The number of hydrogen-bond acceptors (Lipinski definition) is 2. The molecule has 0 aliphatic rings. The Kier molecular flexibility index (Phi) is 3.75. The highest BCUT2D eigenvalue weighted by Gasteiger charge is 2.31. The molecular formula is C12H6BrF4NO. The number of alkyl halides is 3. The van der Waals surface area contributed by atoms with E-state index in [1.165, 1.54) is 12.1 Å². The molecule has 19 heavy (non-hydrogen) atoms. The van der Waals surface area contributed by atoms with Crippen LogP contribution in [0.1, 0.15) is 5.56 Å². The number of aromatic nitrogens is 1. The number of ether oxygens (including phenoxy) is 1. The molecule has 0 fully saturated rings. The SMILES string of the molecule is Fc1ccc(Oc2cc(C(F)(F)F)ccn2)cc1Br. The fourth-order valence-electron chi connectivity index (χ4n) is 1.30. The zero-order chi connectivity index (χ0) is 14.0. The Morgan fingerprint density at radius 1 is 1.11 bits per heavy atom. The van der Waals surface area contributed by atoms with E-state index in [0.29, 0.717) is 0 Å². The summed E-state index contributed by atoms with van der Waals surface area (Å²) >= 11 is 2.95. The summed E-state index contributed by atoms with van der Waals surface area (Å²) in [6.45, 7) is 0. The van der Waals surface area contributed by atoms with Crippen molar-refractivity contribution in [2.24, 2.45) is 0 Å². The second-order valence-corrected chi connectivity index (χ2v) is 4.41. The number of benzene rings is 1. The maximum absolute atomic E-state index is 13.0. The molecule has 0 aliphatic heterocycles. The van der Waals surface area contributed by atoms with Crippen molar-refractivity contribution in [2.75, 3.05) is 0 Å². The number of rotatable bonds is 2. The van der Waals surface area contributed by atoms with Crippen LogP contribution in [0.3, 0.4) is 0 Å². The van der Waals surface area contributed by atoms with Gasteiger partial charge in [-0.25, -0.2) is 9.37 Å². The van der Waals surface area contributed by atoms with Crippen LogP contribution in [0.15, 0.2) is 41.0 Å². The molecule has 1 aromatic carbocycles. The van der Waals surface area contributed by atoms with Crippen LogP contribution >= 0.6 is 15.9 Å². The van der Waals surface area contributed by atoms with Crippen molar-refractivity contribution in [3.05, 3.63) is 52.4 Å². The van der Waals surface area contributed by atoms with Crippen molar-refractivity contribution in [1.29, 1.82) is 0 Å². The van der Waals surface area contributed by atoms with Gasteiger partial charge in [0.1, 0.15) is 11.6 Å². The van der Waals surface area contributed by atoms with Crippen LogP contribution < -0.4 is 4.74 Å². The Morgan fingerprint density at radius 3 is 2.47 bits per heavy atom. The molecule has 0 atom stereocenters. The van der Waals surface area contributed by atoms with E-state index in [4.69, 9.17) is 4.74 Å². The molecule has 0 saturated heterocycles. The third-order valence-electron chi connectivity index (χ3n) is 2.18. The Hall–Kier alpha value is -1.63. The Morgan fingerprint density at radius 2 is 1.84 bits per heavy atom. The molecular weight excluding hydrogens is 330 g/mol. The van der Waals surface area contributed by atoms with Gasteiger partial charge < -0.3 is 4.74 Å². The first-order valence-electron chi connectivity index (χ1n) is 5.02. The van der Waals surface area contributed by atoms with Crippen LogP contribution in [-0.4, -0.2) is 4.98 Å². The van der Waals surface area contributed by atoms with Crippen molar-refractivity contribution in [3.63, 3.8) is 0 Å². The largest absolute Gasteiger partial charge is 0.439 e. The highest BCUT2D eigenvalue weighted by molar-refractivity contribution is 9.10. The zero-order valence-electron chi connectivity index (χ0n) is 9.21. The second-order valence-electron chi connectivity index (χ2n) is 3.56. The van der Waals surface area contributed by atoms with E-state index in [-0.39, 0.29) is 16.1 Å². The van der Waals surface area contributed by atoms with Gasteiger partial charge in [0, 0.05) is 12.3 Å². The van der Waals surface area contributed by atoms with Crippen molar-refractivity contribution in [1.82, 2.24) is 4.98 Å². The molecule has 2 nitrogen and oxygen atoms in total. The van der Waals surface area contributed by atoms with E-state index in [1.54, 1.807) is 0 Å². The standard InChI is InChI=1S/C12H6BrF4NO/c13-9-6-8(1-2-10(9)14)19-11-5-7(3-4-18-11)12(15,16)17/h1-6H. The van der Waals surface area contributed by atoms with Crippen molar-refractivity contribution in [3.8, 4) is 11.6 Å². The second kappa shape index (κ2) is 5.16. The minimum atomic E-state index is -4.47. The van der Waals surface area contributed by atoms with Crippen LogP contribution in [0.5, 0.6) is 11.6 Å². The molecule has 0 radical (unpaired) electrons. The average Bonchev–Trinajstić information content (AvgIpc) is 2.33. The Bertz CT molecular complexity index is 601. The summed E-state index contributed by atoms with van der Waals surface area (Å²) in [5, 5.41) is 0.